The maximum Gasteiger partial charge on any atom is 0.266 e. The molecular formula is C28H21N3O. The van der Waals surface area contributed by atoms with Crippen molar-refractivity contribution in [3.8, 4) is 0 Å². The van der Waals surface area contributed by atoms with E-state index in [1.54, 1.807) is 4.90 Å². The summed E-state index contributed by atoms with van der Waals surface area (Å²) in [5.41, 5.74) is 4.55. The number of nitrogens with one attached hydrogen (secondary N) is 1. The molecule has 0 spiro atoms. The molecule has 4 aromatic carbocycles. The van der Waals surface area contributed by atoms with Gasteiger partial charge in [0.15, 0.2) is 5.84 Å². The van der Waals surface area contributed by atoms with Crippen LogP contribution in [0.25, 0.3) is 5.57 Å². The lowest BCUT2D eigenvalue weighted by atomic mass is 10.0. The zero-order chi connectivity index (χ0) is 21.8. The highest BCUT2D eigenvalue weighted by Crippen LogP contribution is 2.35. The largest absolute Gasteiger partial charge is 0.352 e. The van der Waals surface area contributed by atoms with E-state index in [-0.39, 0.29) is 5.91 Å². The lowest BCUT2D eigenvalue weighted by Crippen LogP contribution is -2.32. The van der Waals surface area contributed by atoms with Gasteiger partial charge in [0.2, 0.25) is 0 Å². The van der Waals surface area contributed by atoms with Crippen molar-refractivity contribution in [2.24, 2.45) is 4.99 Å². The molecule has 0 aromatic heterocycles. The number of hydrogen-bond donors (Lipinski definition) is 1. The Hall–Kier alpha value is -4.44. The van der Waals surface area contributed by atoms with Crippen LogP contribution in [0.3, 0.4) is 0 Å². The summed E-state index contributed by atoms with van der Waals surface area (Å²) in [6.07, 6.45) is 0. The third-order valence-electron chi connectivity index (χ3n) is 5.21. The van der Waals surface area contributed by atoms with E-state index in [9.17, 15) is 4.79 Å². The summed E-state index contributed by atoms with van der Waals surface area (Å²) in [5, 5.41) is 3.48. The maximum atomic E-state index is 13.9. The smallest absolute Gasteiger partial charge is 0.266 e. The molecule has 32 heavy (non-hydrogen) atoms. The van der Waals surface area contributed by atoms with Crippen LogP contribution >= 0.6 is 0 Å². The van der Waals surface area contributed by atoms with Gasteiger partial charge in [-0.05, 0) is 42.0 Å². The number of hydrogen-bond acceptors (Lipinski definition) is 3. The van der Waals surface area contributed by atoms with E-state index in [0.717, 1.165) is 22.6 Å². The predicted octanol–water partition coefficient (Wildman–Crippen LogP) is 6.29. The number of aliphatic imine (C=N–C) groups is 1. The second-order valence-corrected chi connectivity index (χ2v) is 7.35. The zero-order valence-corrected chi connectivity index (χ0v) is 17.3. The van der Waals surface area contributed by atoms with Crippen molar-refractivity contribution >= 4 is 34.4 Å². The molecule has 0 unspecified atom stereocenters. The first kappa shape index (κ1) is 19.5. The highest BCUT2D eigenvalue weighted by Gasteiger charge is 2.38. The Bertz CT molecular complexity index is 1280. The van der Waals surface area contributed by atoms with Gasteiger partial charge < -0.3 is 5.32 Å². The second kappa shape index (κ2) is 8.74. The van der Waals surface area contributed by atoms with Gasteiger partial charge in [-0.15, -0.1) is 0 Å². The highest BCUT2D eigenvalue weighted by molar-refractivity contribution is 6.47. The topological polar surface area (TPSA) is 44.7 Å². The molecule has 0 saturated carbocycles. The summed E-state index contributed by atoms with van der Waals surface area (Å²) in [5.74, 6) is 0.450. The van der Waals surface area contributed by atoms with Crippen LogP contribution in [0.4, 0.5) is 17.1 Å². The molecule has 5 rings (SSSR count). The van der Waals surface area contributed by atoms with Gasteiger partial charge in [0, 0.05) is 5.69 Å². The Morgan fingerprint density at radius 1 is 0.625 bits per heavy atom. The fourth-order valence-corrected chi connectivity index (χ4v) is 3.74. The van der Waals surface area contributed by atoms with E-state index in [2.05, 4.69) is 5.32 Å². The minimum Gasteiger partial charge on any atom is -0.352 e. The molecule has 0 saturated heterocycles. The zero-order valence-electron chi connectivity index (χ0n) is 17.3. The minimum atomic E-state index is -0.115. The first-order chi connectivity index (χ1) is 15.8. The van der Waals surface area contributed by atoms with Crippen molar-refractivity contribution in [2.75, 3.05) is 10.2 Å². The minimum absolute atomic E-state index is 0.115. The molecule has 1 amide bonds. The standard InChI is InChI=1S/C28H21N3O/c32-28-25(21-13-5-1-6-14-21)26(29-22-15-7-2-8-16-22)27(30-23-17-9-3-10-18-23)31(28)24-19-11-4-12-20-24/h1-20,29H. The highest BCUT2D eigenvalue weighted by atomic mass is 16.2. The van der Waals surface area contributed by atoms with Crippen LogP contribution in [-0.4, -0.2) is 11.7 Å². The monoisotopic (exact) mass is 415 g/mol. The van der Waals surface area contributed by atoms with Crippen molar-refractivity contribution in [3.63, 3.8) is 0 Å². The summed E-state index contributed by atoms with van der Waals surface area (Å²) >= 11 is 0. The Morgan fingerprint density at radius 3 is 1.78 bits per heavy atom. The van der Waals surface area contributed by atoms with Crippen LogP contribution in [0.1, 0.15) is 5.56 Å². The number of amidine groups is 1. The summed E-state index contributed by atoms with van der Waals surface area (Å²) in [4.78, 5) is 20.5. The van der Waals surface area contributed by atoms with E-state index in [0.29, 0.717) is 17.1 Å². The average Bonchev–Trinajstić information content (AvgIpc) is 3.12. The van der Waals surface area contributed by atoms with Crippen LogP contribution in [-0.2, 0) is 4.79 Å². The molecule has 0 atom stereocenters. The molecule has 0 fully saturated rings. The van der Waals surface area contributed by atoms with Gasteiger partial charge in [0.25, 0.3) is 5.91 Å². The summed E-state index contributed by atoms with van der Waals surface area (Å²) in [6.45, 7) is 0. The van der Waals surface area contributed by atoms with Crippen LogP contribution < -0.4 is 10.2 Å². The lowest BCUT2D eigenvalue weighted by Gasteiger charge is -2.19. The molecule has 1 heterocycles. The van der Waals surface area contributed by atoms with Gasteiger partial charge in [-0.1, -0.05) is 84.9 Å². The van der Waals surface area contributed by atoms with E-state index in [1.165, 1.54) is 0 Å². The first-order valence-electron chi connectivity index (χ1n) is 10.5. The average molecular weight is 415 g/mol. The van der Waals surface area contributed by atoms with Crippen LogP contribution in [0.5, 0.6) is 0 Å². The number of anilines is 2. The normalized spacial score (nSPS) is 14.8. The van der Waals surface area contributed by atoms with Gasteiger partial charge in [0.1, 0.15) is 0 Å². The summed E-state index contributed by atoms with van der Waals surface area (Å²) in [7, 11) is 0. The van der Waals surface area contributed by atoms with Gasteiger partial charge in [-0.3, -0.25) is 9.69 Å². The third-order valence-corrected chi connectivity index (χ3v) is 5.21. The first-order valence-corrected chi connectivity index (χ1v) is 10.5. The van der Waals surface area contributed by atoms with Crippen molar-refractivity contribution in [2.45, 2.75) is 0 Å². The predicted molar refractivity (Wildman–Crippen MR) is 131 cm³/mol. The quantitative estimate of drug-likeness (QED) is 0.416. The number of benzene rings is 4. The molecule has 154 valence electrons. The van der Waals surface area contributed by atoms with Crippen molar-refractivity contribution in [3.05, 3.63) is 133 Å². The van der Waals surface area contributed by atoms with Gasteiger partial charge >= 0.3 is 0 Å². The van der Waals surface area contributed by atoms with Gasteiger partial charge in [-0.2, -0.15) is 0 Å². The molecule has 0 aliphatic carbocycles. The van der Waals surface area contributed by atoms with Gasteiger partial charge in [0.05, 0.1) is 22.6 Å². The molecule has 4 heteroatoms. The fourth-order valence-electron chi connectivity index (χ4n) is 3.74. The number of carbonyl (C=O) groups excluding carboxylic acids is 1. The lowest BCUT2D eigenvalue weighted by molar-refractivity contribution is -0.112. The van der Waals surface area contributed by atoms with Crippen molar-refractivity contribution < 1.29 is 4.79 Å². The number of rotatable bonds is 5. The molecule has 0 radical (unpaired) electrons. The molecule has 0 bridgehead atoms. The molecule has 4 aromatic rings. The van der Waals surface area contributed by atoms with E-state index >= 15 is 0 Å². The molecule has 1 N–H and O–H groups in total. The van der Waals surface area contributed by atoms with Crippen LogP contribution in [0.2, 0.25) is 0 Å². The molecule has 1 aliphatic heterocycles. The van der Waals surface area contributed by atoms with Crippen LogP contribution in [0.15, 0.2) is 132 Å². The fraction of sp³-hybridized carbons (Fsp3) is 0. The van der Waals surface area contributed by atoms with Crippen LogP contribution in [0, 0.1) is 0 Å². The Kier molecular flexibility index (Phi) is 5.33. The third kappa shape index (κ3) is 3.82. The molecule has 4 nitrogen and oxygen atoms in total. The summed E-state index contributed by atoms with van der Waals surface area (Å²) < 4.78 is 0. The molecular weight excluding hydrogens is 394 g/mol. The second-order valence-electron chi connectivity index (χ2n) is 7.35. The Labute approximate surface area is 187 Å². The Morgan fingerprint density at radius 2 is 1.16 bits per heavy atom. The summed E-state index contributed by atoms with van der Waals surface area (Å²) in [6, 6.07) is 38.9. The number of para-hydroxylation sites is 3. The number of carbonyl (C=O) groups is 1. The molecule has 1 aliphatic rings. The van der Waals surface area contributed by atoms with Crippen molar-refractivity contribution in [1.82, 2.24) is 0 Å². The Balaban J connectivity index is 1.74. The van der Waals surface area contributed by atoms with Gasteiger partial charge in [-0.25, -0.2) is 4.99 Å². The maximum absolute atomic E-state index is 13.9. The van der Waals surface area contributed by atoms with Crippen molar-refractivity contribution in [1.29, 1.82) is 0 Å². The van der Waals surface area contributed by atoms with E-state index in [1.807, 2.05) is 121 Å². The number of nitrogens with zero attached hydrogens (tertiary/aromatic N) is 2. The SMILES string of the molecule is O=C1C(c2ccccc2)=C(Nc2ccccc2)C(=Nc2ccccc2)N1c1ccccc1. The number of amides is 1. The van der Waals surface area contributed by atoms with E-state index in [4.69, 9.17) is 4.99 Å². The van der Waals surface area contributed by atoms with E-state index < -0.39 is 0 Å².